The lowest BCUT2D eigenvalue weighted by molar-refractivity contribution is -0.186. The third-order valence-corrected chi connectivity index (χ3v) is 2.60. The summed E-state index contributed by atoms with van der Waals surface area (Å²) in [7, 11) is 0. The van der Waals surface area contributed by atoms with E-state index in [1.807, 2.05) is 0 Å². The van der Waals surface area contributed by atoms with E-state index in [1.54, 1.807) is 0 Å². The molecule has 0 aromatic heterocycles. The Bertz CT molecular complexity index is 237. The number of halogens is 3. The van der Waals surface area contributed by atoms with Crippen LogP contribution in [0.3, 0.4) is 0 Å². The first kappa shape index (κ1) is 13.2. The van der Waals surface area contributed by atoms with Gasteiger partial charge in [0.15, 0.2) is 0 Å². The van der Waals surface area contributed by atoms with E-state index < -0.39 is 12.1 Å². The Morgan fingerprint density at radius 1 is 1.38 bits per heavy atom. The van der Waals surface area contributed by atoms with Gasteiger partial charge in [0.05, 0.1) is 0 Å². The van der Waals surface area contributed by atoms with E-state index >= 15 is 0 Å². The maximum atomic E-state index is 12.1. The highest BCUT2D eigenvalue weighted by Crippen LogP contribution is 2.21. The van der Waals surface area contributed by atoms with E-state index in [2.05, 4.69) is 5.32 Å². The second kappa shape index (κ2) is 5.49. The molecule has 0 unspecified atom stereocenters. The zero-order valence-electron chi connectivity index (χ0n) is 8.89. The molecule has 0 aliphatic carbocycles. The van der Waals surface area contributed by atoms with Crippen molar-refractivity contribution in [2.24, 2.45) is 5.73 Å². The summed E-state index contributed by atoms with van der Waals surface area (Å²) in [4.78, 5) is 11.8. The molecule has 16 heavy (non-hydrogen) atoms. The number of carbonyl (C=O) groups is 1. The van der Waals surface area contributed by atoms with Gasteiger partial charge in [-0.05, 0) is 12.8 Å². The van der Waals surface area contributed by atoms with Crippen molar-refractivity contribution in [2.75, 3.05) is 26.2 Å². The van der Waals surface area contributed by atoms with Crippen LogP contribution < -0.4 is 11.1 Å². The molecular formula is C9H16F3N3O. The quantitative estimate of drug-likeness (QED) is 0.733. The van der Waals surface area contributed by atoms with Gasteiger partial charge in [0, 0.05) is 32.2 Å². The van der Waals surface area contributed by atoms with Crippen LogP contribution in [0.25, 0.3) is 0 Å². The third kappa shape index (κ3) is 3.64. The van der Waals surface area contributed by atoms with E-state index in [9.17, 15) is 18.0 Å². The summed E-state index contributed by atoms with van der Waals surface area (Å²) in [6.07, 6.45) is -3.67. The van der Waals surface area contributed by atoms with Gasteiger partial charge in [-0.2, -0.15) is 13.2 Å². The van der Waals surface area contributed by atoms with Gasteiger partial charge in [-0.1, -0.05) is 0 Å². The summed E-state index contributed by atoms with van der Waals surface area (Å²) in [6, 6.07) is 0.167. The largest absolute Gasteiger partial charge is 0.471 e. The molecule has 7 heteroatoms. The van der Waals surface area contributed by atoms with Crippen molar-refractivity contribution >= 4 is 5.91 Å². The number of hydrogen-bond donors (Lipinski definition) is 2. The fourth-order valence-corrected chi connectivity index (χ4v) is 1.75. The average molecular weight is 239 g/mol. The Balaban J connectivity index is 2.34. The van der Waals surface area contributed by atoms with E-state index in [-0.39, 0.29) is 19.1 Å². The number of carbonyl (C=O) groups excluding carboxylic acids is 1. The number of hydrogen-bond acceptors (Lipinski definition) is 3. The van der Waals surface area contributed by atoms with Crippen molar-refractivity contribution in [1.82, 2.24) is 10.2 Å². The standard InChI is InChI=1S/C9H16F3N3O/c10-9(11,12)8(16)15-5-1-7(2-6-15)14-4-3-13/h7,14H,1-6,13H2. The summed E-state index contributed by atoms with van der Waals surface area (Å²) in [5, 5.41) is 3.13. The smallest absolute Gasteiger partial charge is 0.335 e. The number of nitrogens with zero attached hydrogens (tertiary/aromatic N) is 1. The zero-order valence-corrected chi connectivity index (χ0v) is 8.89. The molecule has 0 spiro atoms. The molecule has 1 amide bonds. The minimum atomic E-state index is -4.75. The molecule has 3 N–H and O–H groups in total. The van der Waals surface area contributed by atoms with Crippen LogP contribution >= 0.6 is 0 Å². The summed E-state index contributed by atoms with van der Waals surface area (Å²) >= 11 is 0. The lowest BCUT2D eigenvalue weighted by Crippen LogP contribution is -2.49. The van der Waals surface area contributed by atoms with Crippen LogP contribution in [-0.2, 0) is 4.79 Å². The highest BCUT2D eigenvalue weighted by Gasteiger charge is 2.43. The van der Waals surface area contributed by atoms with Gasteiger partial charge in [0.25, 0.3) is 0 Å². The predicted octanol–water partition coefficient (Wildman–Crippen LogP) is 0.0880. The molecule has 1 rings (SSSR count). The molecule has 0 saturated carbocycles. The van der Waals surface area contributed by atoms with Crippen LogP contribution in [0, 0.1) is 0 Å². The summed E-state index contributed by atoms with van der Waals surface area (Å²) in [5.41, 5.74) is 5.30. The number of amides is 1. The van der Waals surface area contributed by atoms with Crippen molar-refractivity contribution in [2.45, 2.75) is 25.1 Å². The number of nitrogens with two attached hydrogens (primary N) is 1. The van der Waals surface area contributed by atoms with Crippen LogP contribution in [0.4, 0.5) is 13.2 Å². The fourth-order valence-electron chi connectivity index (χ4n) is 1.75. The van der Waals surface area contributed by atoms with Crippen LogP contribution in [0.5, 0.6) is 0 Å². The highest BCUT2D eigenvalue weighted by molar-refractivity contribution is 5.81. The van der Waals surface area contributed by atoms with Crippen LogP contribution in [0.2, 0.25) is 0 Å². The van der Waals surface area contributed by atoms with E-state index in [1.165, 1.54) is 0 Å². The average Bonchev–Trinajstić information content (AvgIpc) is 2.25. The summed E-state index contributed by atoms with van der Waals surface area (Å²) in [6.45, 7) is 1.46. The number of rotatable bonds is 3. The lowest BCUT2D eigenvalue weighted by atomic mass is 10.1. The Kier molecular flexibility index (Phi) is 4.55. The van der Waals surface area contributed by atoms with Gasteiger partial charge in [-0.15, -0.1) is 0 Å². The van der Waals surface area contributed by atoms with Crippen LogP contribution in [-0.4, -0.2) is 49.2 Å². The topological polar surface area (TPSA) is 58.4 Å². The van der Waals surface area contributed by atoms with Gasteiger partial charge in [-0.3, -0.25) is 4.79 Å². The number of piperidine rings is 1. The maximum absolute atomic E-state index is 12.1. The number of alkyl halides is 3. The molecule has 1 fully saturated rings. The molecule has 4 nitrogen and oxygen atoms in total. The molecular weight excluding hydrogens is 223 g/mol. The third-order valence-electron chi connectivity index (χ3n) is 2.60. The first-order valence-corrected chi connectivity index (χ1v) is 5.24. The van der Waals surface area contributed by atoms with Crippen molar-refractivity contribution in [3.8, 4) is 0 Å². The highest BCUT2D eigenvalue weighted by atomic mass is 19.4. The number of likely N-dealkylation sites (tertiary alicyclic amines) is 1. The van der Waals surface area contributed by atoms with Gasteiger partial charge in [-0.25, -0.2) is 0 Å². The predicted molar refractivity (Wildman–Crippen MR) is 52.7 cm³/mol. The minimum Gasteiger partial charge on any atom is -0.335 e. The lowest BCUT2D eigenvalue weighted by Gasteiger charge is -2.32. The number of nitrogens with one attached hydrogen (secondary N) is 1. The second-order valence-corrected chi connectivity index (χ2v) is 3.81. The van der Waals surface area contributed by atoms with Crippen molar-refractivity contribution in [3.05, 3.63) is 0 Å². The SMILES string of the molecule is NCCNC1CCN(C(=O)C(F)(F)F)CC1. The molecule has 0 aromatic rings. The molecule has 1 aliphatic rings. The Labute approximate surface area is 92.0 Å². The van der Waals surface area contributed by atoms with E-state index in [4.69, 9.17) is 5.73 Å². The molecule has 0 bridgehead atoms. The molecule has 0 radical (unpaired) electrons. The molecule has 94 valence electrons. The summed E-state index contributed by atoms with van der Waals surface area (Å²) in [5.74, 6) is -1.73. The monoisotopic (exact) mass is 239 g/mol. The van der Waals surface area contributed by atoms with Crippen LogP contribution in [0.1, 0.15) is 12.8 Å². The van der Waals surface area contributed by atoms with Crippen molar-refractivity contribution < 1.29 is 18.0 Å². The first-order chi connectivity index (χ1) is 7.45. The Morgan fingerprint density at radius 3 is 2.38 bits per heavy atom. The first-order valence-electron chi connectivity index (χ1n) is 5.24. The van der Waals surface area contributed by atoms with Gasteiger partial charge >= 0.3 is 12.1 Å². The molecule has 1 saturated heterocycles. The molecule has 1 heterocycles. The van der Waals surface area contributed by atoms with E-state index in [0.29, 0.717) is 25.9 Å². The van der Waals surface area contributed by atoms with Gasteiger partial charge in [0.2, 0.25) is 0 Å². The van der Waals surface area contributed by atoms with Crippen molar-refractivity contribution in [3.63, 3.8) is 0 Å². The zero-order chi connectivity index (χ0) is 12.2. The maximum Gasteiger partial charge on any atom is 0.471 e. The molecule has 1 aliphatic heterocycles. The van der Waals surface area contributed by atoms with E-state index in [0.717, 1.165) is 4.90 Å². The van der Waals surface area contributed by atoms with Crippen LogP contribution in [0.15, 0.2) is 0 Å². The van der Waals surface area contributed by atoms with Gasteiger partial charge < -0.3 is 16.0 Å². The Morgan fingerprint density at radius 2 is 1.94 bits per heavy atom. The fraction of sp³-hybridized carbons (Fsp3) is 0.889. The second-order valence-electron chi connectivity index (χ2n) is 3.81. The molecule has 0 aromatic carbocycles. The minimum absolute atomic E-state index is 0.153. The Hall–Kier alpha value is -0.820. The normalized spacial score (nSPS) is 18.9. The molecule has 0 atom stereocenters. The summed E-state index contributed by atoms with van der Waals surface area (Å²) < 4.78 is 36.3. The van der Waals surface area contributed by atoms with Crippen molar-refractivity contribution in [1.29, 1.82) is 0 Å². The van der Waals surface area contributed by atoms with Gasteiger partial charge in [0.1, 0.15) is 0 Å².